The van der Waals surface area contributed by atoms with E-state index < -0.39 is 0 Å². The van der Waals surface area contributed by atoms with E-state index in [1.54, 1.807) is 7.05 Å². The van der Waals surface area contributed by atoms with Gasteiger partial charge in [-0.05, 0) is 12.8 Å². The van der Waals surface area contributed by atoms with Crippen molar-refractivity contribution < 1.29 is 4.74 Å². The van der Waals surface area contributed by atoms with Gasteiger partial charge in [-0.1, -0.05) is 25.1 Å². The SMILES string of the molecule is [B]C1(C)CCCC2C(C1)OC(=NC)N2C. The molecule has 0 aromatic rings. The van der Waals surface area contributed by atoms with E-state index in [9.17, 15) is 0 Å². The van der Waals surface area contributed by atoms with Gasteiger partial charge >= 0.3 is 0 Å². The molecule has 2 radical (unpaired) electrons. The zero-order valence-electron chi connectivity index (χ0n) is 9.86. The molecular formula is C11H19BN2O. The highest BCUT2D eigenvalue weighted by Crippen LogP contribution is 2.42. The molecule has 0 aromatic carbocycles. The minimum Gasteiger partial charge on any atom is -0.460 e. The first-order chi connectivity index (χ1) is 7.03. The third-order valence-corrected chi connectivity index (χ3v) is 3.59. The van der Waals surface area contributed by atoms with Gasteiger partial charge < -0.3 is 9.64 Å². The summed E-state index contributed by atoms with van der Waals surface area (Å²) < 4.78 is 5.84. The molecule has 1 aliphatic carbocycles. The summed E-state index contributed by atoms with van der Waals surface area (Å²) in [5.41, 5.74) is 0. The van der Waals surface area contributed by atoms with Crippen LogP contribution in [0.5, 0.6) is 0 Å². The molecule has 1 saturated heterocycles. The van der Waals surface area contributed by atoms with Crippen molar-refractivity contribution >= 4 is 13.9 Å². The fourth-order valence-electron chi connectivity index (χ4n) is 2.73. The molecule has 82 valence electrons. The van der Waals surface area contributed by atoms with Crippen LogP contribution in [0.1, 0.15) is 32.6 Å². The molecule has 4 heteroatoms. The van der Waals surface area contributed by atoms with Crippen LogP contribution in [0.25, 0.3) is 0 Å². The van der Waals surface area contributed by atoms with Crippen molar-refractivity contribution in [2.24, 2.45) is 4.99 Å². The van der Waals surface area contributed by atoms with Crippen LogP contribution in [0.3, 0.4) is 0 Å². The van der Waals surface area contributed by atoms with Crippen LogP contribution >= 0.6 is 0 Å². The van der Waals surface area contributed by atoms with Crippen LogP contribution < -0.4 is 0 Å². The molecule has 0 amide bonds. The van der Waals surface area contributed by atoms with Crippen LogP contribution in [-0.4, -0.2) is 45.0 Å². The number of hydrogen-bond donors (Lipinski definition) is 0. The van der Waals surface area contributed by atoms with E-state index in [1.165, 1.54) is 6.42 Å². The van der Waals surface area contributed by atoms with Gasteiger partial charge in [-0.3, -0.25) is 0 Å². The number of amidine groups is 1. The Kier molecular flexibility index (Phi) is 2.69. The van der Waals surface area contributed by atoms with Crippen molar-refractivity contribution in [3.05, 3.63) is 0 Å². The standard InChI is InChI=1S/C11H19BN2O/c1-11(12)6-4-5-8-9(7-11)15-10(13-2)14(8)3/h8-9H,4-7H2,1-3H3. The lowest BCUT2D eigenvalue weighted by atomic mass is 9.65. The minimum atomic E-state index is -0.0799. The topological polar surface area (TPSA) is 24.8 Å². The van der Waals surface area contributed by atoms with Gasteiger partial charge in [-0.2, -0.15) is 0 Å². The molecule has 0 aromatic heterocycles. The Balaban J connectivity index is 2.16. The maximum Gasteiger partial charge on any atom is 0.287 e. The third-order valence-electron chi connectivity index (χ3n) is 3.59. The van der Waals surface area contributed by atoms with Crippen molar-refractivity contribution in [1.82, 2.24) is 4.90 Å². The number of aliphatic imine (C=N–C) groups is 1. The van der Waals surface area contributed by atoms with E-state index in [0.717, 1.165) is 25.3 Å². The van der Waals surface area contributed by atoms with Crippen LogP contribution in [0, 0.1) is 0 Å². The lowest BCUT2D eigenvalue weighted by Gasteiger charge is -2.25. The van der Waals surface area contributed by atoms with Gasteiger partial charge in [-0.25, -0.2) is 4.99 Å². The van der Waals surface area contributed by atoms with E-state index >= 15 is 0 Å². The number of fused-ring (bicyclic) bond motifs is 1. The summed E-state index contributed by atoms with van der Waals surface area (Å²) in [4.78, 5) is 6.31. The number of rotatable bonds is 0. The molecule has 15 heavy (non-hydrogen) atoms. The number of nitrogens with zero attached hydrogens (tertiary/aromatic N) is 2. The summed E-state index contributed by atoms with van der Waals surface area (Å²) in [5, 5.41) is -0.0799. The van der Waals surface area contributed by atoms with E-state index in [-0.39, 0.29) is 11.4 Å². The van der Waals surface area contributed by atoms with Crippen molar-refractivity contribution in [1.29, 1.82) is 0 Å². The smallest absolute Gasteiger partial charge is 0.287 e. The molecule has 1 heterocycles. The largest absolute Gasteiger partial charge is 0.460 e. The lowest BCUT2D eigenvalue weighted by Crippen LogP contribution is -2.33. The average molecular weight is 206 g/mol. The Morgan fingerprint density at radius 2 is 2.33 bits per heavy atom. The molecule has 1 aliphatic heterocycles. The second kappa shape index (κ2) is 3.73. The molecule has 2 aliphatic rings. The fraction of sp³-hybridized carbons (Fsp3) is 0.909. The normalized spacial score (nSPS) is 43.7. The zero-order valence-corrected chi connectivity index (χ0v) is 9.86. The fourth-order valence-corrected chi connectivity index (χ4v) is 2.73. The predicted octanol–water partition coefficient (Wildman–Crippen LogP) is 1.59. The molecule has 3 unspecified atom stereocenters. The molecule has 1 saturated carbocycles. The van der Waals surface area contributed by atoms with Crippen LogP contribution in [0.2, 0.25) is 5.31 Å². The van der Waals surface area contributed by atoms with Crippen LogP contribution in [0.15, 0.2) is 4.99 Å². The second-order valence-electron chi connectivity index (χ2n) is 5.09. The van der Waals surface area contributed by atoms with Gasteiger partial charge in [0, 0.05) is 14.1 Å². The van der Waals surface area contributed by atoms with Crippen molar-refractivity contribution in [2.75, 3.05) is 14.1 Å². The Labute approximate surface area is 93.3 Å². The molecule has 2 fully saturated rings. The van der Waals surface area contributed by atoms with Crippen LogP contribution in [0.4, 0.5) is 0 Å². The predicted molar refractivity (Wildman–Crippen MR) is 62.4 cm³/mol. The van der Waals surface area contributed by atoms with E-state index in [4.69, 9.17) is 12.6 Å². The van der Waals surface area contributed by atoms with Gasteiger partial charge in [0.1, 0.15) is 6.10 Å². The monoisotopic (exact) mass is 206 g/mol. The maximum absolute atomic E-state index is 6.23. The lowest BCUT2D eigenvalue weighted by molar-refractivity contribution is 0.171. The quantitative estimate of drug-likeness (QED) is 0.562. The molecule has 0 N–H and O–H groups in total. The average Bonchev–Trinajstić information content (AvgIpc) is 2.37. The molecule has 3 nitrogen and oxygen atoms in total. The summed E-state index contributed by atoms with van der Waals surface area (Å²) in [6, 6.07) is 1.23. The summed E-state index contributed by atoms with van der Waals surface area (Å²) in [7, 11) is 10.1. The molecule has 3 atom stereocenters. The van der Waals surface area contributed by atoms with E-state index in [1.807, 2.05) is 0 Å². The first-order valence-corrected chi connectivity index (χ1v) is 5.69. The molecule has 2 rings (SSSR count). The van der Waals surface area contributed by atoms with Gasteiger partial charge in [0.2, 0.25) is 0 Å². The molecule has 0 spiro atoms. The minimum absolute atomic E-state index is 0.0799. The summed E-state index contributed by atoms with van der Waals surface area (Å²) in [6.07, 6.45) is 4.59. The zero-order chi connectivity index (χ0) is 11.1. The molecular weight excluding hydrogens is 187 g/mol. The first kappa shape index (κ1) is 10.8. The second-order valence-corrected chi connectivity index (χ2v) is 5.09. The summed E-state index contributed by atoms with van der Waals surface area (Å²) in [6.45, 7) is 2.12. The van der Waals surface area contributed by atoms with Gasteiger partial charge in [0.15, 0.2) is 0 Å². The summed E-state index contributed by atoms with van der Waals surface area (Å²) in [5.74, 6) is 0. The van der Waals surface area contributed by atoms with Crippen molar-refractivity contribution in [2.45, 2.75) is 50.1 Å². The number of likely N-dealkylation sites (N-methyl/N-ethyl adjacent to an activating group) is 1. The van der Waals surface area contributed by atoms with E-state index in [2.05, 4.69) is 23.9 Å². The first-order valence-electron chi connectivity index (χ1n) is 5.69. The van der Waals surface area contributed by atoms with Gasteiger partial charge in [0.25, 0.3) is 6.02 Å². The number of hydrogen-bond acceptors (Lipinski definition) is 2. The van der Waals surface area contributed by atoms with Crippen molar-refractivity contribution in [3.63, 3.8) is 0 Å². The Bertz CT molecular complexity index is 278. The highest BCUT2D eigenvalue weighted by atomic mass is 16.5. The Morgan fingerprint density at radius 3 is 3.00 bits per heavy atom. The van der Waals surface area contributed by atoms with Gasteiger partial charge in [0.05, 0.1) is 13.9 Å². The van der Waals surface area contributed by atoms with Crippen molar-refractivity contribution in [3.8, 4) is 0 Å². The maximum atomic E-state index is 6.23. The highest BCUT2D eigenvalue weighted by molar-refractivity contribution is 6.14. The van der Waals surface area contributed by atoms with E-state index in [0.29, 0.717) is 6.04 Å². The Hall–Kier alpha value is -0.665. The summed E-state index contributed by atoms with van der Waals surface area (Å²) >= 11 is 0. The van der Waals surface area contributed by atoms with Crippen LogP contribution in [-0.2, 0) is 4.74 Å². The number of ether oxygens (including phenoxy) is 1. The molecule has 0 bridgehead atoms. The van der Waals surface area contributed by atoms with Gasteiger partial charge in [-0.15, -0.1) is 0 Å². The highest BCUT2D eigenvalue weighted by Gasteiger charge is 2.42. The third kappa shape index (κ3) is 1.99. The Morgan fingerprint density at radius 1 is 1.60 bits per heavy atom.